The van der Waals surface area contributed by atoms with Gasteiger partial charge in [0.2, 0.25) is 5.95 Å². The highest BCUT2D eigenvalue weighted by Gasteiger charge is 2.37. The van der Waals surface area contributed by atoms with Crippen molar-refractivity contribution in [3.8, 4) is 6.07 Å². The molecule has 160 valence electrons. The van der Waals surface area contributed by atoms with Crippen LogP contribution in [0.3, 0.4) is 0 Å². The van der Waals surface area contributed by atoms with Gasteiger partial charge in [-0.15, -0.1) is 11.3 Å². The molecule has 0 aliphatic heterocycles. The first-order chi connectivity index (χ1) is 15.2. The number of thiophene rings is 1. The molecule has 3 aromatic rings. The van der Waals surface area contributed by atoms with Crippen LogP contribution >= 0.6 is 11.3 Å². The number of anilines is 2. The minimum atomic E-state index is 0.377. The smallest absolute Gasteiger partial charge is 0.224 e. The van der Waals surface area contributed by atoms with Crippen molar-refractivity contribution in [2.75, 3.05) is 17.2 Å². The highest BCUT2D eigenvalue weighted by molar-refractivity contribution is 7.17. The van der Waals surface area contributed by atoms with Gasteiger partial charge in [-0.1, -0.05) is 24.6 Å². The summed E-state index contributed by atoms with van der Waals surface area (Å²) in [5.74, 6) is 3.05. The summed E-state index contributed by atoms with van der Waals surface area (Å²) in [5.41, 5.74) is 8.14. The number of benzene rings is 1. The van der Waals surface area contributed by atoms with Crippen molar-refractivity contribution in [3.05, 3.63) is 47.0 Å². The van der Waals surface area contributed by atoms with Crippen LogP contribution in [0.5, 0.6) is 0 Å². The molecule has 0 amide bonds. The third-order valence-electron chi connectivity index (χ3n) is 6.98. The summed E-state index contributed by atoms with van der Waals surface area (Å²) in [7, 11) is 0. The van der Waals surface area contributed by atoms with Gasteiger partial charge in [0.25, 0.3) is 0 Å². The molecule has 7 heteroatoms. The number of rotatable bonds is 6. The van der Waals surface area contributed by atoms with Crippen molar-refractivity contribution in [2.45, 2.75) is 44.7 Å². The number of hydrogen-bond acceptors (Lipinski definition) is 7. The van der Waals surface area contributed by atoms with Crippen molar-refractivity contribution in [2.24, 2.45) is 23.5 Å². The van der Waals surface area contributed by atoms with Crippen LogP contribution < -0.4 is 16.4 Å². The summed E-state index contributed by atoms with van der Waals surface area (Å²) in [6, 6.07) is 11.1. The predicted molar refractivity (Wildman–Crippen MR) is 126 cm³/mol. The summed E-state index contributed by atoms with van der Waals surface area (Å²) >= 11 is 1.74. The Kier molecular flexibility index (Phi) is 5.75. The number of hydrogen-bond donors (Lipinski definition) is 3. The van der Waals surface area contributed by atoms with Crippen molar-refractivity contribution < 1.29 is 0 Å². The van der Waals surface area contributed by atoms with E-state index in [9.17, 15) is 5.26 Å². The Labute approximate surface area is 186 Å². The largest absolute Gasteiger partial charge is 0.369 e. The van der Waals surface area contributed by atoms with Crippen LogP contribution in [0.2, 0.25) is 0 Å². The van der Waals surface area contributed by atoms with Gasteiger partial charge in [-0.2, -0.15) is 10.2 Å². The van der Waals surface area contributed by atoms with Crippen molar-refractivity contribution >= 4 is 33.2 Å². The van der Waals surface area contributed by atoms with E-state index >= 15 is 0 Å². The molecule has 2 aliphatic carbocycles. The second-order valence-electron chi connectivity index (χ2n) is 8.92. The summed E-state index contributed by atoms with van der Waals surface area (Å²) in [6.07, 6.45) is 7.80. The standard InChI is InChI=1S/C24H28N6S/c25-11-20-14-29-24(28-13-19-6-1-3-16-7-8-31-22(16)19)30-23(20)27-12-15-9-17-4-2-5-18(10-15)21(17)26/h1,3,6-8,14-15,17-18,21H,2,4-5,9-10,12-13,26H2,(H2,27,28,29,30)/t15?,17-,18+,21-. The molecular weight excluding hydrogens is 404 g/mol. The average molecular weight is 433 g/mol. The zero-order valence-electron chi connectivity index (χ0n) is 17.6. The number of nitrogens with zero attached hydrogens (tertiary/aromatic N) is 3. The van der Waals surface area contributed by atoms with E-state index in [1.807, 2.05) is 0 Å². The van der Waals surface area contributed by atoms with E-state index in [4.69, 9.17) is 5.73 Å². The fraction of sp³-hybridized carbons (Fsp3) is 0.458. The molecule has 2 bridgehead atoms. The minimum Gasteiger partial charge on any atom is -0.369 e. The van der Waals surface area contributed by atoms with Crippen LogP contribution in [0.15, 0.2) is 35.8 Å². The zero-order valence-corrected chi connectivity index (χ0v) is 18.4. The van der Waals surface area contributed by atoms with E-state index in [1.54, 1.807) is 17.5 Å². The molecule has 2 fully saturated rings. The van der Waals surface area contributed by atoms with Gasteiger partial charge < -0.3 is 16.4 Å². The van der Waals surface area contributed by atoms with Gasteiger partial charge in [0.05, 0.1) is 6.20 Å². The molecule has 1 aromatic carbocycles. The number of nitrogens with one attached hydrogen (secondary N) is 2. The highest BCUT2D eigenvalue weighted by Crippen LogP contribution is 2.41. The molecule has 2 saturated carbocycles. The fourth-order valence-electron chi connectivity index (χ4n) is 5.37. The fourth-order valence-corrected chi connectivity index (χ4v) is 6.29. The first-order valence-electron chi connectivity index (χ1n) is 11.2. The Bertz CT molecular complexity index is 1090. The first kappa shape index (κ1) is 20.2. The van der Waals surface area contributed by atoms with Crippen molar-refractivity contribution in [1.82, 2.24) is 9.97 Å². The normalized spacial score (nSPS) is 25.2. The Hall–Kier alpha value is -2.69. The lowest BCUT2D eigenvalue weighted by molar-refractivity contribution is 0.112. The van der Waals surface area contributed by atoms with Crippen LogP contribution in [0.4, 0.5) is 11.8 Å². The van der Waals surface area contributed by atoms with E-state index in [0.717, 1.165) is 6.54 Å². The third kappa shape index (κ3) is 4.23. The van der Waals surface area contributed by atoms with E-state index in [1.165, 1.54) is 47.8 Å². The highest BCUT2D eigenvalue weighted by atomic mass is 32.1. The quantitative estimate of drug-likeness (QED) is 0.520. The van der Waals surface area contributed by atoms with Crippen LogP contribution in [0.25, 0.3) is 10.1 Å². The van der Waals surface area contributed by atoms with E-state index in [0.29, 0.717) is 47.7 Å². The average Bonchev–Trinajstić information content (AvgIpc) is 3.26. The molecule has 1 unspecified atom stereocenters. The maximum atomic E-state index is 9.51. The third-order valence-corrected chi connectivity index (χ3v) is 7.98. The molecular formula is C24H28N6S. The topological polar surface area (TPSA) is 99.6 Å². The maximum Gasteiger partial charge on any atom is 0.224 e. The van der Waals surface area contributed by atoms with Gasteiger partial charge in [-0.25, -0.2) is 4.98 Å². The van der Waals surface area contributed by atoms with Crippen LogP contribution in [0.1, 0.15) is 43.2 Å². The predicted octanol–water partition coefficient (Wildman–Crippen LogP) is 4.74. The lowest BCUT2D eigenvalue weighted by atomic mass is 9.65. The van der Waals surface area contributed by atoms with E-state index in [-0.39, 0.29) is 0 Å². The molecule has 31 heavy (non-hydrogen) atoms. The summed E-state index contributed by atoms with van der Waals surface area (Å²) < 4.78 is 1.28. The molecule has 2 aliphatic rings. The van der Waals surface area contributed by atoms with Gasteiger partial charge in [-0.05, 0) is 65.8 Å². The number of nitrogens with two attached hydrogens (primary N) is 1. The van der Waals surface area contributed by atoms with Gasteiger partial charge in [0.1, 0.15) is 17.5 Å². The first-order valence-corrected chi connectivity index (χ1v) is 12.0. The lowest BCUT2D eigenvalue weighted by Crippen LogP contribution is -2.47. The van der Waals surface area contributed by atoms with Crippen LogP contribution in [0, 0.1) is 29.1 Å². The second-order valence-corrected chi connectivity index (χ2v) is 9.84. The van der Waals surface area contributed by atoms with E-state index in [2.05, 4.69) is 56.3 Å². The van der Waals surface area contributed by atoms with Crippen molar-refractivity contribution in [1.29, 1.82) is 5.26 Å². The Morgan fingerprint density at radius 2 is 2.00 bits per heavy atom. The molecule has 2 aromatic heterocycles. The molecule has 4 N–H and O–H groups in total. The second kappa shape index (κ2) is 8.81. The maximum absolute atomic E-state index is 9.51. The summed E-state index contributed by atoms with van der Waals surface area (Å²) in [6.45, 7) is 1.48. The number of fused-ring (bicyclic) bond motifs is 3. The summed E-state index contributed by atoms with van der Waals surface area (Å²) in [5, 5.41) is 19.7. The van der Waals surface area contributed by atoms with Gasteiger partial charge in [0, 0.05) is 23.8 Å². The molecule has 5 rings (SSSR count). The van der Waals surface area contributed by atoms with Crippen LogP contribution in [-0.2, 0) is 6.54 Å². The Morgan fingerprint density at radius 3 is 2.81 bits per heavy atom. The minimum absolute atomic E-state index is 0.377. The molecule has 0 saturated heterocycles. The zero-order chi connectivity index (χ0) is 21.2. The molecule has 6 nitrogen and oxygen atoms in total. The molecule has 0 radical (unpaired) electrons. The Morgan fingerprint density at radius 1 is 1.16 bits per heavy atom. The summed E-state index contributed by atoms with van der Waals surface area (Å²) in [4.78, 5) is 8.97. The molecule has 2 heterocycles. The van der Waals surface area contributed by atoms with Gasteiger partial charge >= 0.3 is 0 Å². The monoisotopic (exact) mass is 432 g/mol. The van der Waals surface area contributed by atoms with Gasteiger partial charge in [-0.3, -0.25) is 0 Å². The van der Waals surface area contributed by atoms with Crippen LogP contribution in [-0.4, -0.2) is 22.6 Å². The van der Waals surface area contributed by atoms with E-state index < -0.39 is 0 Å². The Balaban J connectivity index is 1.25. The van der Waals surface area contributed by atoms with Crippen molar-refractivity contribution in [3.63, 3.8) is 0 Å². The lowest BCUT2D eigenvalue weighted by Gasteiger charge is -2.44. The molecule has 4 atom stereocenters. The number of aromatic nitrogens is 2. The number of nitriles is 1. The van der Waals surface area contributed by atoms with Gasteiger partial charge in [0.15, 0.2) is 0 Å². The molecule has 0 spiro atoms. The SMILES string of the molecule is N#Cc1cnc(NCc2cccc3ccsc23)nc1NCC1C[C@H]2CCC[C@@H](C1)[C@@H]2N.